The van der Waals surface area contributed by atoms with E-state index in [1.54, 1.807) is 7.11 Å². The highest BCUT2D eigenvalue weighted by atomic mass is 16.5. The van der Waals surface area contributed by atoms with E-state index in [1.165, 1.54) is 6.42 Å². The highest BCUT2D eigenvalue weighted by Crippen LogP contribution is 2.26. The molecule has 2 aromatic rings. The summed E-state index contributed by atoms with van der Waals surface area (Å²) < 4.78 is 5.36. The number of rotatable bonds is 8. The van der Waals surface area contributed by atoms with Crippen LogP contribution in [0.25, 0.3) is 0 Å². The van der Waals surface area contributed by atoms with E-state index in [1.807, 2.05) is 49.4 Å². The summed E-state index contributed by atoms with van der Waals surface area (Å²) in [6.07, 6.45) is 3.54. The number of carbonyl (C=O) groups excluding carboxylic acids is 2. The van der Waals surface area contributed by atoms with Crippen LogP contribution in [0, 0.1) is 0 Å². The Morgan fingerprint density at radius 3 is 2.57 bits per heavy atom. The van der Waals surface area contributed by atoms with Crippen LogP contribution in [0.1, 0.15) is 48.1 Å². The summed E-state index contributed by atoms with van der Waals surface area (Å²) in [7, 11) is 1.61. The molecule has 1 heterocycles. The van der Waals surface area contributed by atoms with Gasteiger partial charge in [-0.3, -0.25) is 9.59 Å². The maximum Gasteiger partial charge on any atom is 0.250 e. The Labute approximate surface area is 177 Å². The fourth-order valence-corrected chi connectivity index (χ4v) is 3.81. The maximum atomic E-state index is 12.5. The Hall–Kier alpha value is -3.22. The molecule has 1 saturated heterocycles. The first kappa shape index (κ1) is 21.5. The van der Waals surface area contributed by atoms with Gasteiger partial charge >= 0.3 is 0 Å². The van der Waals surface area contributed by atoms with Gasteiger partial charge in [-0.05, 0) is 50.5 Å². The number of nitrogens with one attached hydrogen (secondary N) is 2. The molecule has 160 valence electrons. The zero-order chi connectivity index (χ0) is 21.5. The molecule has 1 fully saturated rings. The van der Waals surface area contributed by atoms with Crippen molar-refractivity contribution in [1.29, 1.82) is 0 Å². The molecule has 1 aliphatic heterocycles. The normalized spacial score (nSPS) is 14.7. The van der Waals surface area contributed by atoms with Crippen LogP contribution in [0.5, 0.6) is 5.75 Å². The van der Waals surface area contributed by atoms with Gasteiger partial charge in [0.15, 0.2) is 0 Å². The zero-order valence-corrected chi connectivity index (χ0v) is 17.6. The summed E-state index contributed by atoms with van der Waals surface area (Å²) in [5.74, 6) is 0.0191. The quantitative estimate of drug-likeness (QED) is 0.621. The van der Waals surface area contributed by atoms with Gasteiger partial charge in [-0.2, -0.15) is 0 Å². The number of benzene rings is 2. The van der Waals surface area contributed by atoms with Gasteiger partial charge < -0.3 is 26.0 Å². The molecule has 0 radical (unpaired) electrons. The number of nitrogens with zero attached hydrogens (tertiary/aromatic N) is 1. The summed E-state index contributed by atoms with van der Waals surface area (Å²) >= 11 is 0. The second kappa shape index (κ2) is 10.0. The minimum absolute atomic E-state index is 0.0306. The molecule has 0 saturated carbocycles. The van der Waals surface area contributed by atoms with E-state index in [9.17, 15) is 9.59 Å². The van der Waals surface area contributed by atoms with Gasteiger partial charge in [0.25, 0.3) is 5.91 Å². The van der Waals surface area contributed by atoms with Gasteiger partial charge in [0.05, 0.1) is 25.3 Å². The molecule has 0 bridgehead atoms. The summed E-state index contributed by atoms with van der Waals surface area (Å²) in [6, 6.07) is 13.0. The Morgan fingerprint density at radius 1 is 1.13 bits per heavy atom. The molecule has 0 spiro atoms. The van der Waals surface area contributed by atoms with E-state index in [4.69, 9.17) is 10.5 Å². The lowest BCUT2D eigenvalue weighted by atomic mass is 10.1. The number of anilines is 2. The second-order valence-corrected chi connectivity index (χ2v) is 7.53. The van der Waals surface area contributed by atoms with Crippen molar-refractivity contribution in [3.05, 3.63) is 53.6 Å². The van der Waals surface area contributed by atoms with Crippen LogP contribution in [0.3, 0.4) is 0 Å². The van der Waals surface area contributed by atoms with E-state index in [0.29, 0.717) is 11.3 Å². The molecule has 4 N–H and O–H groups in total. The molecule has 0 aromatic heterocycles. The summed E-state index contributed by atoms with van der Waals surface area (Å²) in [6.45, 7) is 3.89. The molecule has 30 heavy (non-hydrogen) atoms. The number of para-hydroxylation sites is 1. The fraction of sp³-hybridized carbons (Fsp3) is 0.391. The number of primary amides is 1. The van der Waals surface area contributed by atoms with Crippen LogP contribution in [0.15, 0.2) is 42.5 Å². The first-order valence-corrected chi connectivity index (χ1v) is 10.3. The van der Waals surface area contributed by atoms with Crippen LogP contribution in [0.4, 0.5) is 11.4 Å². The number of carbonyl (C=O) groups is 2. The van der Waals surface area contributed by atoms with E-state index in [2.05, 4.69) is 15.5 Å². The summed E-state index contributed by atoms with van der Waals surface area (Å²) in [4.78, 5) is 26.7. The topological polar surface area (TPSA) is 96.7 Å². The third kappa shape index (κ3) is 5.23. The van der Waals surface area contributed by atoms with Gasteiger partial charge in [-0.1, -0.05) is 18.2 Å². The second-order valence-electron chi connectivity index (χ2n) is 7.53. The fourth-order valence-electron chi connectivity index (χ4n) is 3.81. The van der Waals surface area contributed by atoms with Crippen molar-refractivity contribution in [3.63, 3.8) is 0 Å². The van der Waals surface area contributed by atoms with Gasteiger partial charge in [-0.25, -0.2) is 0 Å². The van der Waals surface area contributed by atoms with Gasteiger partial charge in [0, 0.05) is 30.0 Å². The number of nitrogens with two attached hydrogens (primary N) is 1. The third-order valence-corrected chi connectivity index (χ3v) is 5.41. The molecule has 1 atom stereocenters. The van der Waals surface area contributed by atoms with Crippen molar-refractivity contribution in [1.82, 2.24) is 5.32 Å². The first-order chi connectivity index (χ1) is 14.5. The van der Waals surface area contributed by atoms with E-state index in [0.717, 1.165) is 42.9 Å². The molecule has 2 aromatic carbocycles. The molecule has 1 aliphatic rings. The monoisotopic (exact) mass is 410 g/mol. The average Bonchev–Trinajstić information content (AvgIpc) is 2.78. The number of piperidine rings is 1. The molecule has 3 rings (SSSR count). The van der Waals surface area contributed by atoms with E-state index >= 15 is 0 Å². The Bertz CT molecular complexity index is 894. The number of hydrogen-bond donors (Lipinski definition) is 3. The molecule has 1 unspecified atom stereocenters. The highest BCUT2D eigenvalue weighted by molar-refractivity contribution is 6.00. The molecular formula is C23H30N4O3. The smallest absolute Gasteiger partial charge is 0.250 e. The lowest BCUT2D eigenvalue weighted by molar-refractivity contribution is -0.120. The van der Waals surface area contributed by atoms with Crippen LogP contribution < -0.4 is 26.0 Å². The van der Waals surface area contributed by atoms with Crippen molar-refractivity contribution in [3.8, 4) is 5.75 Å². The predicted octanol–water partition coefficient (Wildman–Crippen LogP) is 3.07. The number of hydrogen-bond acceptors (Lipinski definition) is 5. The van der Waals surface area contributed by atoms with Crippen LogP contribution in [0.2, 0.25) is 0 Å². The molecule has 7 nitrogen and oxygen atoms in total. The average molecular weight is 411 g/mol. The van der Waals surface area contributed by atoms with Crippen molar-refractivity contribution in [2.24, 2.45) is 5.73 Å². The molecule has 7 heteroatoms. The van der Waals surface area contributed by atoms with Crippen LogP contribution in [-0.4, -0.2) is 38.6 Å². The predicted molar refractivity (Wildman–Crippen MR) is 119 cm³/mol. The minimum atomic E-state index is -0.515. The third-order valence-electron chi connectivity index (χ3n) is 5.41. The SMILES string of the molecule is COc1ccccc1C(C)NC(=O)CNc1ccc(N2CCCCC2)cc1C(N)=O. The van der Waals surface area contributed by atoms with E-state index < -0.39 is 5.91 Å². The summed E-state index contributed by atoms with van der Waals surface area (Å²) in [5.41, 5.74) is 8.44. The van der Waals surface area contributed by atoms with Crippen molar-refractivity contribution in [2.45, 2.75) is 32.2 Å². The largest absolute Gasteiger partial charge is 0.496 e. The van der Waals surface area contributed by atoms with Crippen molar-refractivity contribution in [2.75, 3.05) is 37.0 Å². The van der Waals surface area contributed by atoms with Crippen molar-refractivity contribution < 1.29 is 14.3 Å². The summed E-state index contributed by atoms with van der Waals surface area (Å²) in [5, 5.41) is 5.99. The first-order valence-electron chi connectivity index (χ1n) is 10.3. The van der Waals surface area contributed by atoms with Crippen LogP contribution >= 0.6 is 0 Å². The number of ether oxygens (including phenoxy) is 1. The molecular weight excluding hydrogens is 380 g/mol. The highest BCUT2D eigenvalue weighted by Gasteiger charge is 2.17. The molecule has 0 aliphatic carbocycles. The number of amides is 2. The minimum Gasteiger partial charge on any atom is -0.496 e. The van der Waals surface area contributed by atoms with Crippen molar-refractivity contribution >= 4 is 23.2 Å². The van der Waals surface area contributed by atoms with Gasteiger partial charge in [-0.15, -0.1) is 0 Å². The Morgan fingerprint density at radius 2 is 1.87 bits per heavy atom. The zero-order valence-electron chi connectivity index (χ0n) is 17.6. The maximum absolute atomic E-state index is 12.5. The Balaban J connectivity index is 1.64. The lowest BCUT2D eigenvalue weighted by Gasteiger charge is -2.29. The van der Waals surface area contributed by atoms with Gasteiger partial charge in [0.1, 0.15) is 5.75 Å². The number of methoxy groups -OCH3 is 1. The molecule has 2 amide bonds. The van der Waals surface area contributed by atoms with Crippen LogP contribution in [-0.2, 0) is 4.79 Å². The Kier molecular flexibility index (Phi) is 7.17. The lowest BCUT2D eigenvalue weighted by Crippen LogP contribution is -2.33. The standard InChI is InChI=1S/C23H30N4O3/c1-16(18-8-4-5-9-21(18)30-2)26-22(28)15-25-20-11-10-17(14-19(20)23(24)29)27-12-6-3-7-13-27/h4-5,8-11,14,16,25H,3,6-7,12-13,15H2,1-2H3,(H2,24,29)(H,26,28). The van der Waals surface area contributed by atoms with E-state index in [-0.39, 0.29) is 18.5 Å². The van der Waals surface area contributed by atoms with Gasteiger partial charge in [0.2, 0.25) is 5.91 Å².